The van der Waals surface area contributed by atoms with E-state index in [1.807, 2.05) is 4.90 Å². The average Bonchev–Trinajstić information content (AvgIpc) is 2.63. The van der Waals surface area contributed by atoms with Gasteiger partial charge in [-0.1, -0.05) is 12.0 Å². The third-order valence-electron chi connectivity index (χ3n) is 4.80. The zero-order valence-electron chi connectivity index (χ0n) is 15.0. The van der Waals surface area contributed by atoms with Crippen molar-refractivity contribution in [1.29, 1.82) is 0 Å². The lowest BCUT2D eigenvalue weighted by atomic mass is 9.95. The second-order valence-electron chi connectivity index (χ2n) is 6.59. The van der Waals surface area contributed by atoms with Gasteiger partial charge in [0.05, 0.1) is 25.7 Å². The number of rotatable bonds is 8. The fourth-order valence-electron chi connectivity index (χ4n) is 3.40. The van der Waals surface area contributed by atoms with E-state index in [-0.39, 0.29) is 24.3 Å². The Kier molecular flexibility index (Phi) is 7.96. The first-order chi connectivity index (χ1) is 12.2. The summed E-state index contributed by atoms with van der Waals surface area (Å²) < 4.78 is 5.35. The van der Waals surface area contributed by atoms with Crippen molar-refractivity contribution in [2.75, 3.05) is 59.0 Å². The van der Waals surface area contributed by atoms with Crippen LogP contribution >= 0.6 is 0 Å². The van der Waals surface area contributed by atoms with Crippen LogP contribution in [0.4, 0.5) is 0 Å². The van der Waals surface area contributed by atoms with Crippen molar-refractivity contribution in [3.63, 3.8) is 0 Å². The number of carbonyl (C=O) groups is 2. The molecular formula is C19H29N3O3. The van der Waals surface area contributed by atoms with Crippen LogP contribution in [0.1, 0.15) is 19.3 Å². The minimum Gasteiger partial charge on any atom is -0.379 e. The smallest absolute Gasteiger partial charge is 0.228 e. The lowest BCUT2D eigenvalue weighted by Gasteiger charge is -2.35. The predicted octanol–water partition coefficient (Wildman–Crippen LogP) is 0.595. The fraction of sp³-hybridized carbons (Fsp3) is 0.684. The van der Waals surface area contributed by atoms with Gasteiger partial charge in [0.1, 0.15) is 0 Å². The van der Waals surface area contributed by atoms with Gasteiger partial charge in [-0.25, -0.2) is 0 Å². The molecule has 2 amide bonds. The molecule has 2 rings (SSSR count). The molecule has 6 nitrogen and oxygen atoms in total. The quantitative estimate of drug-likeness (QED) is 0.477. The van der Waals surface area contributed by atoms with Gasteiger partial charge in [-0.3, -0.25) is 14.5 Å². The summed E-state index contributed by atoms with van der Waals surface area (Å²) in [6, 6.07) is 0. The molecule has 0 aromatic carbocycles. The molecule has 25 heavy (non-hydrogen) atoms. The van der Waals surface area contributed by atoms with Crippen LogP contribution in [0.15, 0.2) is 12.7 Å². The van der Waals surface area contributed by atoms with Gasteiger partial charge in [-0.15, -0.1) is 13.0 Å². The van der Waals surface area contributed by atoms with Crippen LogP contribution in [0, 0.1) is 18.3 Å². The van der Waals surface area contributed by atoms with Crippen molar-refractivity contribution in [3.05, 3.63) is 12.7 Å². The second kappa shape index (κ2) is 10.2. The standard InChI is InChI=1S/C19H29N3O3/c1-3-8-21(9-4-2)19(24)17-6-7-18(23)22(16-17)11-5-10-20-12-14-25-15-13-20/h1,4,17H,2,5-16H2. The largest absolute Gasteiger partial charge is 0.379 e. The van der Waals surface area contributed by atoms with Crippen LogP contribution < -0.4 is 0 Å². The summed E-state index contributed by atoms with van der Waals surface area (Å²) in [5.41, 5.74) is 0. The van der Waals surface area contributed by atoms with E-state index in [0.29, 0.717) is 32.5 Å². The summed E-state index contributed by atoms with van der Waals surface area (Å²) >= 11 is 0. The summed E-state index contributed by atoms with van der Waals surface area (Å²) in [6.45, 7) is 10.1. The summed E-state index contributed by atoms with van der Waals surface area (Å²) in [5.74, 6) is 2.55. The van der Waals surface area contributed by atoms with Gasteiger partial charge in [-0.2, -0.15) is 0 Å². The van der Waals surface area contributed by atoms with Gasteiger partial charge in [0, 0.05) is 45.7 Å². The number of ether oxygens (including phenoxy) is 1. The van der Waals surface area contributed by atoms with Gasteiger partial charge >= 0.3 is 0 Å². The Morgan fingerprint density at radius 2 is 2.16 bits per heavy atom. The molecule has 2 aliphatic rings. The van der Waals surface area contributed by atoms with Crippen LogP contribution in [0.2, 0.25) is 0 Å². The Balaban J connectivity index is 1.82. The molecule has 0 N–H and O–H groups in total. The first-order valence-electron chi connectivity index (χ1n) is 9.06. The van der Waals surface area contributed by atoms with Crippen molar-refractivity contribution in [3.8, 4) is 12.3 Å². The number of morpholine rings is 1. The number of carbonyl (C=O) groups excluding carboxylic acids is 2. The summed E-state index contributed by atoms with van der Waals surface area (Å²) in [4.78, 5) is 30.7. The van der Waals surface area contributed by atoms with E-state index in [9.17, 15) is 9.59 Å². The number of nitrogens with zero attached hydrogens (tertiary/aromatic N) is 3. The Bertz CT molecular complexity index is 509. The van der Waals surface area contributed by atoms with E-state index in [4.69, 9.17) is 11.2 Å². The SMILES string of the molecule is C#CCN(CC=C)C(=O)C1CCC(=O)N(CCCN2CCOCC2)C1. The molecule has 0 aromatic heterocycles. The molecule has 2 heterocycles. The average molecular weight is 347 g/mol. The van der Waals surface area contributed by atoms with Gasteiger partial charge in [0.15, 0.2) is 0 Å². The Labute approximate surface area is 150 Å². The van der Waals surface area contributed by atoms with Crippen molar-refractivity contribution >= 4 is 11.8 Å². The van der Waals surface area contributed by atoms with Gasteiger partial charge < -0.3 is 14.5 Å². The monoisotopic (exact) mass is 347 g/mol. The molecule has 138 valence electrons. The molecule has 0 bridgehead atoms. The molecule has 1 unspecified atom stereocenters. The Morgan fingerprint density at radius 1 is 1.40 bits per heavy atom. The van der Waals surface area contributed by atoms with Crippen LogP contribution in [0.3, 0.4) is 0 Å². The van der Waals surface area contributed by atoms with E-state index in [2.05, 4.69) is 17.4 Å². The molecular weight excluding hydrogens is 318 g/mol. The van der Waals surface area contributed by atoms with Crippen LogP contribution in [-0.2, 0) is 14.3 Å². The summed E-state index contributed by atoms with van der Waals surface area (Å²) in [6.07, 6.45) is 9.01. The third kappa shape index (κ3) is 5.87. The van der Waals surface area contributed by atoms with Gasteiger partial charge in [0.2, 0.25) is 11.8 Å². The first-order valence-corrected chi connectivity index (χ1v) is 9.06. The summed E-state index contributed by atoms with van der Waals surface area (Å²) in [5, 5.41) is 0. The normalized spacial score (nSPS) is 21.6. The second-order valence-corrected chi connectivity index (χ2v) is 6.59. The minimum absolute atomic E-state index is 0.0310. The summed E-state index contributed by atoms with van der Waals surface area (Å²) in [7, 11) is 0. The zero-order valence-corrected chi connectivity index (χ0v) is 15.0. The topological polar surface area (TPSA) is 53.1 Å². The maximum atomic E-state index is 12.7. The van der Waals surface area contributed by atoms with Crippen molar-refractivity contribution in [1.82, 2.24) is 14.7 Å². The number of terminal acetylenes is 1. The Hall–Kier alpha value is -1.84. The molecule has 0 radical (unpaired) electrons. The van der Waals surface area contributed by atoms with E-state index >= 15 is 0 Å². The lowest BCUT2D eigenvalue weighted by Crippen LogP contribution is -2.48. The van der Waals surface area contributed by atoms with E-state index in [0.717, 1.165) is 39.3 Å². The first kappa shape index (κ1) is 19.5. The Morgan fingerprint density at radius 3 is 2.84 bits per heavy atom. The highest BCUT2D eigenvalue weighted by Crippen LogP contribution is 2.20. The number of amides is 2. The highest BCUT2D eigenvalue weighted by Gasteiger charge is 2.32. The molecule has 2 saturated heterocycles. The van der Waals surface area contributed by atoms with Gasteiger partial charge in [0.25, 0.3) is 0 Å². The molecule has 0 spiro atoms. The van der Waals surface area contributed by atoms with E-state index in [1.165, 1.54) is 0 Å². The highest BCUT2D eigenvalue weighted by molar-refractivity contribution is 5.84. The van der Waals surface area contributed by atoms with Crippen LogP contribution in [0.25, 0.3) is 0 Å². The minimum atomic E-state index is -0.158. The van der Waals surface area contributed by atoms with E-state index in [1.54, 1.807) is 11.0 Å². The number of piperidine rings is 1. The van der Waals surface area contributed by atoms with Crippen LogP contribution in [-0.4, -0.2) is 85.5 Å². The number of likely N-dealkylation sites (tertiary alicyclic amines) is 1. The van der Waals surface area contributed by atoms with E-state index < -0.39 is 0 Å². The van der Waals surface area contributed by atoms with Crippen LogP contribution in [0.5, 0.6) is 0 Å². The number of hydrogen-bond acceptors (Lipinski definition) is 4. The van der Waals surface area contributed by atoms with Crippen molar-refractivity contribution in [2.24, 2.45) is 5.92 Å². The fourth-order valence-corrected chi connectivity index (χ4v) is 3.40. The number of hydrogen-bond donors (Lipinski definition) is 0. The molecule has 0 saturated carbocycles. The molecule has 0 aromatic rings. The maximum Gasteiger partial charge on any atom is 0.228 e. The van der Waals surface area contributed by atoms with Crippen molar-refractivity contribution in [2.45, 2.75) is 19.3 Å². The maximum absolute atomic E-state index is 12.7. The van der Waals surface area contributed by atoms with Gasteiger partial charge in [-0.05, 0) is 12.8 Å². The molecule has 2 aliphatic heterocycles. The highest BCUT2D eigenvalue weighted by atomic mass is 16.5. The predicted molar refractivity (Wildman–Crippen MR) is 96.8 cm³/mol. The molecule has 1 atom stereocenters. The molecule has 0 aliphatic carbocycles. The lowest BCUT2D eigenvalue weighted by molar-refractivity contribution is -0.142. The molecule has 6 heteroatoms. The zero-order chi connectivity index (χ0) is 18.1. The third-order valence-corrected chi connectivity index (χ3v) is 4.80. The van der Waals surface area contributed by atoms with Crippen molar-refractivity contribution < 1.29 is 14.3 Å². The molecule has 2 fully saturated rings.